The predicted octanol–water partition coefficient (Wildman–Crippen LogP) is 1.60. The normalized spacial score (nSPS) is 14.2. The van der Waals surface area contributed by atoms with Gasteiger partial charge in [0.05, 0.1) is 13.7 Å². The molecule has 5 heteroatoms. The maximum absolute atomic E-state index is 9.75. The molecular formula is C13H21NO3S. The third-order valence-corrected chi connectivity index (χ3v) is 4.10. The van der Waals surface area contributed by atoms with Crippen LogP contribution in [0.2, 0.25) is 0 Å². The summed E-state index contributed by atoms with van der Waals surface area (Å²) in [5.41, 5.74) is 0.791. The van der Waals surface area contributed by atoms with Crippen LogP contribution < -0.4 is 10.1 Å². The van der Waals surface area contributed by atoms with Gasteiger partial charge in [0, 0.05) is 23.4 Å². The number of thioether (sulfide) groups is 1. The Labute approximate surface area is 112 Å². The van der Waals surface area contributed by atoms with E-state index in [1.807, 2.05) is 19.2 Å². The molecule has 0 aliphatic carbocycles. The average molecular weight is 271 g/mol. The fourth-order valence-corrected chi connectivity index (χ4v) is 2.32. The molecule has 0 aliphatic heterocycles. The molecule has 0 aromatic heterocycles. The van der Waals surface area contributed by atoms with Crippen molar-refractivity contribution in [2.45, 2.75) is 24.8 Å². The van der Waals surface area contributed by atoms with Gasteiger partial charge in [-0.3, -0.25) is 0 Å². The van der Waals surface area contributed by atoms with Crippen LogP contribution in [-0.4, -0.2) is 41.5 Å². The number of rotatable bonds is 7. The first-order valence-corrected chi connectivity index (χ1v) is 7.14. The van der Waals surface area contributed by atoms with Crippen molar-refractivity contribution in [1.82, 2.24) is 5.32 Å². The summed E-state index contributed by atoms with van der Waals surface area (Å²) in [6, 6.07) is 5.32. The molecule has 1 aromatic carbocycles. The van der Waals surface area contributed by atoms with Gasteiger partial charge in [0.25, 0.3) is 0 Å². The number of benzene rings is 1. The molecule has 0 spiro atoms. The highest BCUT2D eigenvalue weighted by Crippen LogP contribution is 2.23. The molecule has 0 heterocycles. The number of aliphatic hydroxyl groups excluding tert-OH is 1. The molecular weight excluding hydrogens is 250 g/mol. The summed E-state index contributed by atoms with van der Waals surface area (Å²) in [6.45, 7) is 2.70. The molecule has 1 rings (SSSR count). The standard InChI is InChI=1S/C13H21NO3S/c1-9(13(8-15)18-3)14-7-10-6-11(17-2)4-5-12(10)16/h4-6,9,13-16H,7-8H2,1-3H3. The van der Waals surface area contributed by atoms with Crippen LogP contribution in [0.25, 0.3) is 0 Å². The molecule has 2 atom stereocenters. The van der Waals surface area contributed by atoms with Crippen molar-refractivity contribution in [2.75, 3.05) is 20.0 Å². The van der Waals surface area contributed by atoms with E-state index in [1.165, 1.54) is 0 Å². The van der Waals surface area contributed by atoms with Gasteiger partial charge in [-0.15, -0.1) is 0 Å². The summed E-state index contributed by atoms with van der Waals surface area (Å²) in [5.74, 6) is 0.973. The highest BCUT2D eigenvalue weighted by molar-refractivity contribution is 7.99. The Balaban J connectivity index is 2.62. The minimum atomic E-state index is 0.138. The van der Waals surface area contributed by atoms with Crippen LogP contribution in [0.15, 0.2) is 18.2 Å². The van der Waals surface area contributed by atoms with Crippen molar-refractivity contribution in [3.63, 3.8) is 0 Å². The number of hydrogen-bond donors (Lipinski definition) is 3. The molecule has 3 N–H and O–H groups in total. The molecule has 1 aromatic rings. The van der Waals surface area contributed by atoms with Gasteiger partial charge >= 0.3 is 0 Å². The summed E-state index contributed by atoms with van der Waals surface area (Å²) in [5, 5.41) is 22.4. The molecule has 18 heavy (non-hydrogen) atoms. The minimum absolute atomic E-state index is 0.138. The fourth-order valence-electron chi connectivity index (χ4n) is 1.67. The first-order valence-electron chi connectivity index (χ1n) is 5.85. The lowest BCUT2D eigenvalue weighted by Gasteiger charge is -2.21. The van der Waals surface area contributed by atoms with Gasteiger partial charge in [-0.2, -0.15) is 11.8 Å². The molecule has 0 saturated heterocycles. The lowest BCUT2D eigenvalue weighted by atomic mass is 10.1. The minimum Gasteiger partial charge on any atom is -0.508 e. The van der Waals surface area contributed by atoms with Crippen LogP contribution in [0.5, 0.6) is 11.5 Å². The van der Waals surface area contributed by atoms with Crippen LogP contribution in [0.4, 0.5) is 0 Å². The molecule has 102 valence electrons. The van der Waals surface area contributed by atoms with Gasteiger partial charge in [-0.25, -0.2) is 0 Å². The average Bonchev–Trinajstić information content (AvgIpc) is 2.39. The summed E-state index contributed by atoms with van der Waals surface area (Å²) >= 11 is 1.63. The van der Waals surface area contributed by atoms with Gasteiger partial charge in [-0.1, -0.05) is 0 Å². The van der Waals surface area contributed by atoms with Crippen LogP contribution in [-0.2, 0) is 6.54 Å². The first-order chi connectivity index (χ1) is 8.62. The maximum Gasteiger partial charge on any atom is 0.120 e. The Morgan fingerprint density at radius 3 is 2.72 bits per heavy atom. The van der Waals surface area contributed by atoms with E-state index in [0.29, 0.717) is 6.54 Å². The fraction of sp³-hybridized carbons (Fsp3) is 0.538. The van der Waals surface area contributed by atoms with Gasteiger partial charge in [0.2, 0.25) is 0 Å². The molecule has 2 unspecified atom stereocenters. The van der Waals surface area contributed by atoms with E-state index in [2.05, 4.69) is 5.32 Å². The zero-order chi connectivity index (χ0) is 13.5. The van der Waals surface area contributed by atoms with E-state index in [-0.39, 0.29) is 23.6 Å². The molecule has 0 bridgehead atoms. The van der Waals surface area contributed by atoms with Gasteiger partial charge < -0.3 is 20.3 Å². The molecule has 4 nitrogen and oxygen atoms in total. The first kappa shape index (κ1) is 15.1. The van der Waals surface area contributed by atoms with Crippen LogP contribution >= 0.6 is 11.8 Å². The molecule has 0 aliphatic rings. The van der Waals surface area contributed by atoms with Crippen LogP contribution in [0, 0.1) is 0 Å². The largest absolute Gasteiger partial charge is 0.508 e. The van der Waals surface area contributed by atoms with Crippen molar-refractivity contribution in [1.29, 1.82) is 0 Å². The zero-order valence-electron chi connectivity index (χ0n) is 11.0. The lowest BCUT2D eigenvalue weighted by Crippen LogP contribution is -2.37. The predicted molar refractivity (Wildman–Crippen MR) is 75.3 cm³/mol. The van der Waals surface area contributed by atoms with E-state index in [4.69, 9.17) is 4.74 Å². The number of hydrogen-bond acceptors (Lipinski definition) is 5. The number of nitrogens with one attached hydrogen (secondary N) is 1. The van der Waals surface area contributed by atoms with E-state index >= 15 is 0 Å². The summed E-state index contributed by atoms with van der Waals surface area (Å²) in [4.78, 5) is 0. The second-order valence-electron chi connectivity index (χ2n) is 4.12. The second kappa shape index (κ2) is 7.51. The number of phenolic OH excluding ortho intramolecular Hbond substituents is 1. The quantitative estimate of drug-likeness (QED) is 0.703. The van der Waals surface area contributed by atoms with Gasteiger partial charge in [0.15, 0.2) is 0 Å². The topological polar surface area (TPSA) is 61.7 Å². The highest BCUT2D eigenvalue weighted by atomic mass is 32.2. The second-order valence-corrected chi connectivity index (χ2v) is 5.20. The smallest absolute Gasteiger partial charge is 0.120 e. The number of aromatic hydroxyl groups is 1. The SMILES string of the molecule is COc1ccc(O)c(CNC(C)C(CO)SC)c1. The molecule has 0 fully saturated rings. The number of aliphatic hydroxyl groups is 1. The Morgan fingerprint density at radius 2 is 2.17 bits per heavy atom. The monoisotopic (exact) mass is 271 g/mol. The molecule has 0 amide bonds. The number of phenols is 1. The van der Waals surface area contributed by atoms with E-state index in [9.17, 15) is 10.2 Å². The maximum atomic E-state index is 9.75. The van der Waals surface area contributed by atoms with Crippen molar-refractivity contribution >= 4 is 11.8 Å². The third kappa shape index (κ3) is 4.08. The molecule has 0 radical (unpaired) electrons. The number of ether oxygens (including phenoxy) is 1. The Kier molecular flexibility index (Phi) is 6.32. The van der Waals surface area contributed by atoms with Crippen LogP contribution in [0.3, 0.4) is 0 Å². The summed E-state index contributed by atoms with van der Waals surface area (Å²) in [6.07, 6.45) is 1.97. The van der Waals surface area contributed by atoms with Gasteiger partial charge in [-0.05, 0) is 31.4 Å². The Morgan fingerprint density at radius 1 is 1.44 bits per heavy atom. The van der Waals surface area contributed by atoms with Crippen LogP contribution in [0.1, 0.15) is 12.5 Å². The van der Waals surface area contributed by atoms with Crippen molar-refractivity contribution in [3.05, 3.63) is 23.8 Å². The summed E-state index contributed by atoms with van der Waals surface area (Å²) in [7, 11) is 1.60. The highest BCUT2D eigenvalue weighted by Gasteiger charge is 2.15. The Bertz CT molecular complexity index is 369. The summed E-state index contributed by atoms with van der Waals surface area (Å²) < 4.78 is 5.12. The van der Waals surface area contributed by atoms with Crippen molar-refractivity contribution in [2.24, 2.45) is 0 Å². The molecule has 0 saturated carbocycles. The lowest BCUT2D eigenvalue weighted by molar-refractivity contribution is 0.275. The number of methoxy groups -OCH3 is 1. The van der Waals surface area contributed by atoms with Crippen molar-refractivity contribution in [3.8, 4) is 11.5 Å². The zero-order valence-corrected chi connectivity index (χ0v) is 11.8. The van der Waals surface area contributed by atoms with Crippen molar-refractivity contribution < 1.29 is 14.9 Å². The third-order valence-electron chi connectivity index (χ3n) is 2.94. The van der Waals surface area contributed by atoms with Gasteiger partial charge in [0.1, 0.15) is 11.5 Å². The van der Waals surface area contributed by atoms with E-state index in [1.54, 1.807) is 31.0 Å². The Hall–Kier alpha value is -0.910. The van der Waals surface area contributed by atoms with E-state index < -0.39 is 0 Å². The van der Waals surface area contributed by atoms with E-state index in [0.717, 1.165) is 11.3 Å².